The Bertz CT molecular complexity index is 997. The van der Waals surface area contributed by atoms with Crippen molar-refractivity contribution < 1.29 is 13.9 Å². The van der Waals surface area contributed by atoms with E-state index in [9.17, 15) is 0 Å². The number of aliphatic imine (C=N–C) groups is 1. The van der Waals surface area contributed by atoms with Crippen LogP contribution in [0.15, 0.2) is 64.0 Å². The Hall–Kier alpha value is -2.10. The van der Waals surface area contributed by atoms with Gasteiger partial charge in [0.2, 0.25) is 0 Å². The van der Waals surface area contributed by atoms with E-state index in [0.29, 0.717) is 19.3 Å². The fraction of sp³-hybridized carbons (Fsp3) is 0.423. The summed E-state index contributed by atoms with van der Waals surface area (Å²) in [4.78, 5) is 4.79. The van der Waals surface area contributed by atoms with Crippen LogP contribution in [0, 0.1) is 0 Å². The lowest BCUT2D eigenvalue weighted by atomic mass is 10.1. The van der Waals surface area contributed by atoms with E-state index in [2.05, 4.69) is 60.9 Å². The van der Waals surface area contributed by atoms with Crippen molar-refractivity contribution in [3.05, 3.63) is 71.5 Å². The van der Waals surface area contributed by atoms with Gasteiger partial charge in [-0.05, 0) is 49.9 Å². The predicted octanol–water partition coefficient (Wildman–Crippen LogP) is 5.56. The lowest BCUT2D eigenvalue weighted by molar-refractivity contribution is -0.0390. The molecule has 3 aromatic rings. The normalized spacial score (nSPS) is 15.8. The van der Waals surface area contributed by atoms with Gasteiger partial charge in [-0.15, -0.1) is 24.0 Å². The third kappa shape index (κ3) is 7.45. The van der Waals surface area contributed by atoms with Gasteiger partial charge in [-0.3, -0.25) is 0 Å². The number of para-hydroxylation sites is 1. The Balaban J connectivity index is 0.00000306. The third-order valence-corrected chi connectivity index (χ3v) is 5.63. The average Bonchev–Trinajstić information content (AvgIpc) is 3.27. The number of nitrogens with zero attached hydrogens (tertiary/aromatic N) is 1. The number of hydrogen-bond donors (Lipinski definition) is 2. The molecule has 0 amide bonds. The number of rotatable bonds is 8. The summed E-state index contributed by atoms with van der Waals surface area (Å²) in [6.07, 6.45) is 2.26. The van der Waals surface area contributed by atoms with E-state index < -0.39 is 0 Å². The molecule has 1 unspecified atom stereocenters. The first-order chi connectivity index (χ1) is 15.7. The van der Waals surface area contributed by atoms with Crippen LogP contribution in [-0.2, 0) is 22.6 Å². The maximum Gasteiger partial charge on any atom is 0.192 e. The maximum atomic E-state index is 6.06. The predicted molar refractivity (Wildman–Crippen MR) is 143 cm³/mol. The molecule has 2 heterocycles. The van der Waals surface area contributed by atoms with Gasteiger partial charge in [0.15, 0.2) is 5.96 Å². The van der Waals surface area contributed by atoms with Crippen molar-refractivity contribution in [1.82, 2.24) is 10.6 Å². The van der Waals surface area contributed by atoms with Crippen LogP contribution in [0.2, 0.25) is 0 Å². The largest absolute Gasteiger partial charge is 0.459 e. The summed E-state index contributed by atoms with van der Waals surface area (Å²) in [5.41, 5.74) is 3.24. The van der Waals surface area contributed by atoms with E-state index in [-0.39, 0.29) is 30.0 Å². The number of fused-ring (bicyclic) bond motifs is 1. The first kappa shape index (κ1) is 25.5. The van der Waals surface area contributed by atoms with Gasteiger partial charge in [0.1, 0.15) is 11.3 Å². The molecule has 1 fully saturated rings. The molecule has 4 rings (SSSR count). The summed E-state index contributed by atoms with van der Waals surface area (Å²) >= 11 is 0. The van der Waals surface area contributed by atoms with Crippen molar-refractivity contribution >= 4 is 40.9 Å². The molecule has 178 valence electrons. The minimum absolute atomic E-state index is 0. The quantitative estimate of drug-likeness (QED) is 0.213. The van der Waals surface area contributed by atoms with E-state index in [1.165, 1.54) is 5.56 Å². The molecule has 1 aliphatic heterocycles. The van der Waals surface area contributed by atoms with Crippen LogP contribution in [-0.4, -0.2) is 31.8 Å². The molecule has 6 nitrogen and oxygen atoms in total. The smallest absolute Gasteiger partial charge is 0.192 e. The molecule has 0 spiro atoms. The zero-order chi connectivity index (χ0) is 22.2. The van der Waals surface area contributed by atoms with Crippen LogP contribution < -0.4 is 10.6 Å². The fourth-order valence-corrected chi connectivity index (χ4v) is 3.86. The number of benzene rings is 2. The Labute approximate surface area is 213 Å². The molecular weight excluding hydrogens is 529 g/mol. The highest BCUT2D eigenvalue weighted by Crippen LogP contribution is 2.23. The highest BCUT2D eigenvalue weighted by atomic mass is 127. The SMILES string of the molecule is CCNC(=NCc1cccc(COC2CCOCC2)c1)NC(C)c1cc2ccccc2o1.I. The fourth-order valence-electron chi connectivity index (χ4n) is 3.86. The summed E-state index contributed by atoms with van der Waals surface area (Å²) < 4.78 is 17.5. The molecule has 0 radical (unpaired) electrons. The highest BCUT2D eigenvalue weighted by Gasteiger charge is 2.15. The number of ether oxygens (including phenoxy) is 2. The molecule has 7 heteroatoms. The van der Waals surface area contributed by atoms with Crippen LogP contribution in [0.3, 0.4) is 0 Å². The molecule has 2 aromatic carbocycles. The van der Waals surface area contributed by atoms with Crippen molar-refractivity contribution in [2.24, 2.45) is 4.99 Å². The van der Waals surface area contributed by atoms with Gasteiger partial charge in [-0.25, -0.2) is 4.99 Å². The number of nitrogens with one attached hydrogen (secondary N) is 2. The molecule has 0 bridgehead atoms. The first-order valence-corrected chi connectivity index (χ1v) is 11.5. The Morgan fingerprint density at radius 2 is 1.88 bits per heavy atom. The van der Waals surface area contributed by atoms with Gasteiger partial charge in [0.05, 0.1) is 25.3 Å². The Morgan fingerprint density at radius 1 is 1.09 bits per heavy atom. The summed E-state index contributed by atoms with van der Waals surface area (Å²) in [6, 6.07) is 18.6. The third-order valence-electron chi connectivity index (χ3n) is 5.63. The lowest BCUT2D eigenvalue weighted by Gasteiger charge is -2.22. The number of furan rings is 1. The number of hydrogen-bond acceptors (Lipinski definition) is 4. The van der Waals surface area contributed by atoms with Crippen LogP contribution >= 0.6 is 24.0 Å². The molecule has 0 aliphatic carbocycles. The zero-order valence-corrected chi connectivity index (χ0v) is 21.7. The second-order valence-corrected chi connectivity index (χ2v) is 8.19. The summed E-state index contributed by atoms with van der Waals surface area (Å²) in [5.74, 6) is 1.66. The van der Waals surface area contributed by atoms with E-state index >= 15 is 0 Å². The standard InChI is InChI=1S/C26H33N3O3.HI/c1-3-27-26(29-19(2)25-16-22-9-4-5-10-24(22)32-25)28-17-20-7-6-8-21(15-20)18-31-23-11-13-30-14-12-23;/h4-10,15-16,19,23H,3,11-14,17-18H2,1-2H3,(H2,27,28,29);1H. The molecule has 33 heavy (non-hydrogen) atoms. The molecule has 1 aliphatic rings. The number of guanidine groups is 1. The summed E-state index contributed by atoms with van der Waals surface area (Å²) in [7, 11) is 0. The average molecular weight is 563 g/mol. The minimum Gasteiger partial charge on any atom is -0.459 e. The molecule has 1 atom stereocenters. The van der Waals surface area contributed by atoms with Gasteiger partial charge in [-0.2, -0.15) is 0 Å². The maximum absolute atomic E-state index is 6.06. The summed E-state index contributed by atoms with van der Waals surface area (Å²) in [5, 5.41) is 7.90. The lowest BCUT2D eigenvalue weighted by Crippen LogP contribution is -2.38. The van der Waals surface area contributed by atoms with Crippen LogP contribution in [0.5, 0.6) is 0 Å². The Morgan fingerprint density at radius 3 is 2.67 bits per heavy atom. The van der Waals surface area contributed by atoms with Crippen molar-refractivity contribution in [3.8, 4) is 0 Å². The van der Waals surface area contributed by atoms with E-state index in [1.807, 2.05) is 18.2 Å². The van der Waals surface area contributed by atoms with E-state index in [0.717, 1.165) is 60.9 Å². The number of halogens is 1. The van der Waals surface area contributed by atoms with Crippen LogP contribution in [0.4, 0.5) is 0 Å². The van der Waals surface area contributed by atoms with Gasteiger partial charge >= 0.3 is 0 Å². The van der Waals surface area contributed by atoms with Crippen LogP contribution in [0.1, 0.15) is 49.6 Å². The Kier molecular flexibility index (Phi) is 10.0. The topological polar surface area (TPSA) is 68.0 Å². The van der Waals surface area contributed by atoms with E-state index in [1.54, 1.807) is 0 Å². The van der Waals surface area contributed by atoms with Crippen molar-refractivity contribution in [1.29, 1.82) is 0 Å². The molecule has 1 saturated heterocycles. The van der Waals surface area contributed by atoms with Gasteiger partial charge in [0, 0.05) is 25.1 Å². The van der Waals surface area contributed by atoms with Crippen molar-refractivity contribution in [2.45, 2.75) is 52.0 Å². The van der Waals surface area contributed by atoms with Gasteiger partial charge < -0.3 is 24.5 Å². The molecule has 0 saturated carbocycles. The molecule has 2 N–H and O–H groups in total. The van der Waals surface area contributed by atoms with E-state index in [4.69, 9.17) is 18.9 Å². The highest BCUT2D eigenvalue weighted by molar-refractivity contribution is 14.0. The minimum atomic E-state index is -0.000549. The van der Waals surface area contributed by atoms with Gasteiger partial charge in [-0.1, -0.05) is 42.5 Å². The van der Waals surface area contributed by atoms with Gasteiger partial charge in [0.25, 0.3) is 0 Å². The second-order valence-electron chi connectivity index (χ2n) is 8.19. The zero-order valence-electron chi connectivity index (χ0n) is 19.4. The first-order valence-electron chi connectivity index (χ1n) is 11.5. The monoisotopic (exact) mass is 563 g/mol. The molecular formula is C26H34IN3O3. The molecule has 1 aromatic heterocycles. The van der Waals surface area contributed by atoms with Crippen molar-refractivity contribution in [3.63, 3.8) is 0 Å². The summed E-state index contributed by atoms with van der Waals surface area (Å²) in [6.45, 7) is 7.75. The van der Waals surface area contributed by atoms with Crippen LogP contribution in [0.25, 0.3) is 11.0 Å². The van der Waals surface area contributed by atoms with Crippen molar-refractivity contribution in [2.75, 3.05) is 19.8 Å². The second kappa shape index (κ2) is 13.0.